The molecule has 0 atom stereocenters. The predicted octanol–water partition coefficient (Wildman–Crippen LogP) is 4.82. The Hall–Kier alpha value is -1.48. The Bertz CT molecular complexity index is 521. The van der Waals surface area contributed by atoms with Crippen molar-refractivity contribution >= 4 is 15.9 Å². The Morgan fingerprint density at radius 1 is 0.947 bits per heavy atom. The van der Waals surface area contributed by atoms with Gasteiger partial charge in [-0.15, -0.1) is 0 Å². The SMILES string of the molecule is CC(C)Oc1ccccc1OCc1ccc(Br)cc1. The van der Waals surface area contributed by atoms with Crippen LogP contribution in [0.3, 0.4) is 0 Å². The first kappa shape index (κ1) is 13.9. The Balaban J connectivity index is 2.04. The molecule has 3 heteroatoms. The predicted molar refractivity (Wildman–Crippen MR) is 80.7 cm³/mol. The van der Waals surface area contributed by atoms with Gasteiger partial charge >= 0.3 is 0 Å². The minimum Gasteiger partial charge on any atom is -0.487 e. The van der Waals surface area contributed by atoms with Crippen molar-refractivity contribution in [2.75, 3.05) is 0 Å². The molecular weight excluding hydrogens is 304 g/mol. The average Bonchev–Trinajstić information content (AvgIpc) is 2.39. The Labute approximate surface area is 122 Å². The maximum Gasteiger partial charge on any atom is 0.161 e. The van der Waals surface area contributed by atoms with Crippen LogP contribution in [0.15, 0.2) is 53.0 Å². The van der Waals surface area contributed by atoms with Crippen LogP contribution in [-0.4, -0.2) is 6.10 Å². The highest BCUT2D eigenvalue weighted by molar-refractivity contribution is 9.10. The molecule has 0 N–H and O–H groups in total. The maximum absolute atomic E-state index is 5.82. The molecule has 0 amide bonds. The largest absolute Gasteiger partial charge is 0.487 e. The number of benzene rings is 2. The quantitative estimate of drug-likeness (QED) is 0.786. The van der Waals surface area contributed by atoms with Crippen LogP contribution in [0.25, 0.3) is 0 Å². The zero-order chi connectivity index (χ0) is 13.7. The summed E-state index contributed by atoms with van der Waals surface area (Å²) in [5, 5.41) is 0. The molecule has 0 aliphatic rings. The van der Waals surface area contributed by atoms with Crippen LogP contribution >= 0.6 is 15.9 Å². The van der Waals surface area contributed by atoms with Gasteiger partial charge in [0.1, 0.15) is 6.61 Å². The van der Waals surface area contributed by atoms with E-state index in [1.54, 1.807) is 0 Å². The Morgan fingerprint density at radius 2 is 1.58 bits per heavy atom. The van der Waals surface area contributed by atoms with Gasteiger partial charge in [0.2, 0.25) is 0 Å². The molecule has 19 heavy (non-hydrogen) atoms. The van der Waals surface area contributed by atoms with Gasteiger partial charge in [-0.25, -0.2) is 0 Å². The van der Waals surface area contributed by atoms with Gasteiger partial charge in [0, 0.05) is 4.47 Å². The van der Waals surface area contributed by atoms with Gasteiger partial charge in [-0.3, -0.25) is 0 Å². The molecule has 0 bridgehead atoms. The number of rotatable bonds is 5. The third-order valence-corrected chi connectivity index (χ3v) is 3.05. The molecule has 2 aromatic rings. The highest BCUT2D eigenvalue weighted by atomic mass is 79.9. The van der Waals surface area contributed by atoms with Crippen molar-refractivity contribution in [3.05, 3.63) is 58.6 Å². The second kappa shape index (κ2) is 6.62. The normalized spacial score (nSPS) is 10.5. The highest BCUT2D eigenvalue weighted by Gasteiger charge is 2.06. The Kier molecular flexibility index (Phi) is 4.86. The van der Waals surface area contributed by atoms with E-state index in [0.29, 0.717) is 6.61 Å². The molecule has 0 radical (unpaired) electrons. The van der Waals surface area contributed by atoms with Gasteiger partial charge in [-0.2, -0.15) is 0 Å². The van der Waals surface area contributed by atoms with E-state index in [1.807, 2.05) is 62.4 Å². The van der Waals surface area contributed by atoms with E-state index in [0.717, 1.165) is 21.5 Å². The fourth-order valence-electron chi connectivity index (χ4n) is 1.66. The summed E-state index contributed by atoms with van der Waals surface area (Å²) in [6.45, 7) is 4.54. The lowest BCUT2D eigenvalue weighted by atomic mass is 10.2. The van der Waals surface area contributed by atoms with Crippen LogP contribution in [0.4, 0.5) is 0 Å². The molecule has 100 valence electrons. The second-order valence-corrected chi connectivity index (χ2v) is 5.44. The lowest BCUT2D eigenvalue weighted by Gasteiger charge is -2.14. The molecule has 0 saturated carbocycles. The summed E-state index contributed by atoms with van der Waals surface area (Å²) >= 11 is 3.42. The fourth-order valence-corrected chi connectivity index (χ4v) is 1.93. The molecule has 2 nitrogen and oxygen atoms in total. The smallest absolute Gasteiger partial charge is 0.161 e. The number of hydrogen-bond donors (Lipinski definition) is 0. The molecular formula is C16H17BrO2. The van der Waals surface area contributed by atoms with Crippen molar-refractivity contribution in [2.45, 2.75) is 26.6 Å². The first-order chi connectivity index (χ1) is 9.15. The fraction of sp³-hybridized carbons (Fsp3) is 0.250. The van der Waals surface area contributed by atoms with E-state index in [-0.39, 0.29) is 6.10 Å². The lowest BCUT2D eigenvalue weighted by Crippen LogP contribution is -2.07. The van der Waals surface area contributed by atoms with Gasteiger partial charge in [0.25, 0.3) is 0 Å². The first-order valence-electron chi connectivity index (χ1n) is 6.28. The van der Waals surface area contributed by atoms with Crippen molar-refractivity contribution in [2.24, 2.45) is 0 Å². The molecule has 0 unspecified atom stereocenters. The van der Waals surface area contributed by atoms with E-state index in [2.05, 4.69) is 15.9 Å². The maximum atomic E-state index is 5.82. The summed E-state index contributed by atoms with van der Waals surface area (Å²) < 4.78 is 12.6. The van der Waals surface area contributed by atoms with Crippen molar-refractivity contribution in [1.29, 1.82) is 0 Å². The van der Waals surface area contributed by atoms with Crippen LogP contribution in [0.1, 0.15) is 19.4 Å². The summed E-state index contributed by atoms with van der Waals surface area (Å²) in [5.41, 5.74) is 1.13. The number of hydrogen-bond acceptors (Lipinski definition) is 2. The van der Waals surface area contributed by atoms with Crippen LogP contribution in [0.2, 0.25) is 0 Å². The number of halogens is 1. The summed E-state index contributed by atoms with van der Waals surface area (Å²) in [5.74, 6) is 1.56. The van der Waals surface area contributed by atoms with Gasteiger partial charge in [0.15, 0.2) is 11.5 Å². The molecule has 0 spiro atoms. The van der Waals surface area contributed by atoms with Gasteiger partial charge < -0.3 is 9.47 Å². The zero-order valence-electron chi connectivity index (χ0n) is 11.1. The van der Waals surface area contributed by atoms with Gasteiger partial charge in [-0.1, -0.05) is 40.2 Å². The van der Waals surface area contributed by atoms with E-state index in [4.69, 9.17) is 9.47 Å². The topological polar surface area (TPSA) is 18.5 Å². The molecule has 2 aromatic carbocycles. The van der Waals surface area contributed by atoms with E-state index in [1.165, 1.54) is 0 Å². The summed E-state index contributed by atoms with van der Waals surface area (Å²) in [4.78, 5) is 0. The Morgan fingerprint density at radius 3 is 2.21 bits per heavy atom. The molecule has 0 fully saturated rings. The molecule has 0 aromatic heterocycles. The molecule has 0 aliphatic heterocycles. The number of para-hydroxylation sites is 2. The van der Waals surface area contributed by atoms with Crippen molar-refractivity contribution in [1.82, 2.24) is 0 Å². The van der Waals surface area contributed by atoms with Gasteiger partial charge in [-0.05, 0) is 43.7 Å². The van der Waals surface area contributed by atoms with Crippen LogP contribution < -0.4 is 9.47 Å². The molecule has 0 aliphatic carbocycles. The van der Waals surface area contributed by atoms with E-state index in [9.17, 15) is 0 Å². The molecule has 2 rings (SSSR count). The minimum absolute atomic E-state index is 0.137. The summed E-state index contributed by atoms with van der Waals surface area (Å²) in [6.07, 6.45) is 0.137. The van der Waals surface area contributed by atoms with Crippen LogP contribution in [0, 0.1) is 0 Å². The third kappa shape index (κ3) is 4.28. The minimum atomic E-state index is 0.137. The first-order valence-corrected chi connectivity index (χ1v) is 7.07. The zero-order valence-corrected chi connectivity index (χ0v) is 12.7. The standard InChI is InChI=1S/C16H17BrO2/c1-12(2)19-16-6-4-3-5-15(16)18-11-13-7-9-14(17)10-8-13/h3-10,12H,11H2,1-2H3. The van der Waals surface area contributed by atoms with Crippen LogP contribution in [0.5, 0.6) is 11.5 Å². The lowest BCUT2D eigenvalue weighted by molar-refractivity contribution is 0.218. The summed E-state index contributed by atoms with van der Waals surface area (Å²) in [7, 11) is 0. The molecule has 0 saturated heterocycles. The van der Waals surface area contributed by atoms with Crippen molar-refractivity contribution in [3.8, 4) is 11.5 Å². The second-order valence-electron chi connectivity index (χ2n) is 4.53. The monoisotopic (exact) mass is 320 g/mol. The van der Waals surface area contributed by atoms with Crippen LogP contribution in [-0.2, 0) is 6.61 Å². The van der Waals surface area contributed by atoms with Crippen molar-refractivity contribution < 1.29 is 9.47 Å². The average molecular weight is 321 g/mol. The highest BCUT2D eigenvalue weighted by Crippen LogP contribution is 2.28. The van der Waals surface area contributed by atoms with E-state index < -0.39 is 0 Å². The molecule has 0 heterocycles. The van der Waals surface area contributed by atoms with E-state index >= 15 is 0 Å². The van der Waals surface area contributed by atoms with Crippen molar-refractivity contribution in [3.63, 3.8) is 0 Å². The number of ether oxygens (including phenoxy) is 2. The van der Waals surface area contributed by atoms with Gasteiger partial charge in [0.05, 0.1) is 6.10 Å². The third-order valence-electron chi connectivity index (χ3n) is 2.52. The summed E-state index contributed by atoms with van der Waals surface area (Å²) in [6, 6.07) is 15.8.